The van der Waals surface area contributed by atoms with E-state index in [2.05, 4.69) is 16.4 Å². The van der Waals surface area contributed by atoms with Crippen molar-refractivity contribution in [2.45, 2.75) is 25.7 Å². The lowest BCUT2D eigenvalue weighted by molar-refractivity contribution is -0.389. The average molecular weight is 278 g/mol. The largest absolute Gasteiger partial charge is 0.372 e. The number of hydrogen-bond donors (Lipinski definition) is 1. The van der Waals surface area contributed by atoms with Crippen LogP contribution in [-0.4, -0.2) is 20.9 Å². The first-order valence-electron chi connectivity index (χ1n) is 6.27. The Hall–Kier alpha value is -1.89. The summed E-state index contributed by atoms with van der Waals surface area (Å²) < 4.78 is 1.52. The summed E-state index contributed by atoms with van der Waals surface area (Å²) in [5.74, 6) is 0.395. The van der Waals surface area contributed by atoms with Gasteiger partial charge in [0.1, 0.15) is 6.20 Å². The quantitative estimate of drug-likeness (QED) is 0.518. The van der Waals surface area contributed by atoms with Crippen LogP contribution in [0, 0.1) is 10.1 Å². The molecular formula is C12H14N4O2S. The van der Waals surface area contributed by atoms with E-state index in [4.69, 9.17) is 0 Å². The second-order valence-corrected chi connectivity index (χ2v) is 5.40. The Bertz CT molecular complexity index is 643. The number of aromatic nitrogens is 2. The molecular weight excluding hydrogens is 264 g/mol. The molecule has 100 valence electrons. The van der Waals surface area contributed by atoms with Crippen LogP contribution < -0.4 is 5.32 Å². The first kappa shape index (κ1) is 12.2. The number of thiazole rings is 1. The third-order valence-corrected chi connectivity index (χ3v) is 4.04. The summed E-state index contributed by atoms with van der Waals surface area (Å²) in [6.45, 7) is 0.692. The van der Waals surface area contributed by atoms with Crippen molar-refractivity contribution < 1.29 is 4.92 Å². The van der Waals surface area contributed by atoms with Crippen LogP contribution in [0.25, 0.3) is 4.96 Å². The van der Waals surface area contributed by atoms with Crippen LogP contribution in [0.15, 0.2) is 23.2 Å². The second-order valence-electron chi connectivity index (χ2n) is 4.53. The SMILES string of the molecule is O=[N+]([O-])c1c(NCCC2=CCCC2)nc2sccn12. The van der Waals surface area contributed by atoms with Gasteiger partial charge in [0.2, 0.25) is 5.82 Å². The van der Waals surface area contributed by atoms with Gasteiger partial charge in [0.15, 0.2) is 0 Å². The van der Waals surface area contributed by atoms with Crippen molar-refractivity contribution in [2.24, 2.45) is 0 Å². The highest BCUT2D eigenvalue weighted by molar-refractivity contribution is 7.15. The molecule has 19 heavy (non-hydrogen) atoms. The summed E-state index contributed by atoms with van der Waals surface area (Å²) in [7, 11) is 0. The number of hydrogen-bond acceptors (Lipinski definition) is 5. The summed E-state index contributed by atoms with van der Waals surface area (Å²) in [5.41, 5.74) is 1.44. The zero-order valence-electron chi connectivity index (χ0n) is 10.3. The summed E-state index contributed by atoms with van der Waals surface area (Å²) in [6.07, 6.45) is 8.42. The third kappa shape index (κ3) is 2.33. The lowest BCUT2D eigenvalue weighted by atomic mass is 10.2. The summed E-state index contributed by atoms with van der Waals surface area (Å²) in [4.78, 5) is 15.6. The lowest BCUT2D eigenvalue weighted by Crippen LogP contribution is -2.05. The lowest BCUT2D eigenvalue weighted by Gasteiger charge is -2.04. The molecule has 0 bridgehead atoms. The molecule has 1 aliphatic carbocycles. The van der Waals surface area contributed by atoms with Gasteiger partial charge in [-0.2, -0.15) is 9.38 Å². The van der Waals surface area contributed by atoms with E-state index in [0.29, 0.717) is 17.3 Å². The zero-order valence-corrected chi connectivity index (χ0v) is 11.2. The fourth-order valence-corrected chi connectivity index (χ4v) is 3.08. The van der Waals surface area contributed by atoms with E-state index in [1.807, 2.05) is 0 Å². The molecule has 2 aromatic heterocycles. The topological polar surface area (TPSA) is 72.5 Å². The maximum atomic E-state index is 11.1. The van der Waals surface area contributed by atoms with Crippen LogP contribution in [-0.2, 0) is 0 Å². The molecule has 0 fully saturated rings. The minimum Gasteiger partial charge on any atom is -0.363 e. The zero-order chi connectivity index (χ0) is 13.2. The van der Waals surface area contributed by atoms with E-state index < -0.39 is 0 Å². The van der Waals surface area contributed by atoms with Crippen molar-refractivity contribution in [3.63, 3.8) is 0 Å². The van der Waals surface area contributed by atoms with Crippen LogP contribution in [0.5, 0.6) is 0 Å². The van der Waals surface area contributed by atoms with Gasteiger partial charge < -0.3 is 15.4 Å². The standard InChI is InChI=1S/C12H14N4O2S/c17-16(18)11-10(14-12-15(11)7-8-19-12)13-6-5-9-3-1-2-4-9/h3,7-8,13H,1-2,4-6H2. The van der Waals surface area contributed by atoms with Gasteiger partial charge in [-0.15, -0.1) is 0 Å². The van der Waals surface area contributed by atoms with Crippen LogP contribution in [0.2, 0.25) is 0 Å². The van der Waals surface area contributed by atoms with Gasteiger partial charge in [0.05, 0.1) is 0 Å². The predicted molar refractivity (Wildman–Crippen MR) is 74.8 cm³/mol. The third-order valence-electron chi connectivity index (χ3n) is 3.28. The number of nitro groups is 1. The maximum Gasteiger partial charge on any atom is 0.372 e. The molecule has 0 spiro atoms. The fraction of sp³-hybridized carbons (Fsp3) is 0.417. The Morgan fingerprint density at radius 3 is 3.21 bits per heavy atom. The molecule has 0 saturated carbocycles. The summed E-state index contributed by atoms with van der Waals surface area (Å²) >= 11 is 1.39. The molecule has 1 N–H and O–H groups in total. The molecule has 0 aliphatic heterocycles. The molecule has 1 aliphatic rings. The first-order chi connectivity index (χ1) is 9.25. The van der Waals surface area contributed by atoms with Gasteiger partial charge in [-0.05, 0) is 30.6 Å². The fourth-order valence-electron chi connectivity index (χ4n) is 2.37. The van der Waals surface area contributed by atoms with Gasteiger partial charge in [0.25, 0.3) is 4.96 Å². The first-order valence-corrected chi connectivity index (χ1v) is 7.15. The number of anilines is 1. The highest BCUT2D eigenvalue weighted by Gasteiger charge is 2.23. The molecule has 3 rings (SSSR count). The number of nitrogens with zero attached hydrogens (tertiary/aromatic N) is 3. The van der Waals surface area contributed by atoms with Crippen LogP contribution >= 0.6 is 11.3 Å². The molecule has 0 amide bonds. The number of fused-ring (bicyclic) bond motifs is 1. The van der Waals surface area contributed by atoms with Crippen molar-refractivity contribution >= 4 is 27.9 Å². The Morgan fingerprint density at radius 1 is 1.58 bits per heavy atom. The van der Waals surface area contributed by atoms with E-state index in [1.165, 1.54) is 27.7 Å². The number of rotatable bonds is 5. The van der Waals surface area contributed by atoms with Crippen molar-refractivity contribution in [2.75, 3.05) is 11.9 Å². The second kappa shape index (κ2) is 5.00. The Balaban J connectivity index is 1.74. The molecule has 0 aromatic carbocycles. The molecule has 0 unspecified atom stereocenters. The highest BCUT2D eigenvalue weighted by atomic mass is 32.1. The Kier molecular flexibility index (Phi) is 3.20. The van der Waals surface area contributed by atoms with E-state index in [1.54, 1.807) is 11.6 Å². The van der Waals surface area contributed by atoms with Crippen molar-refractivity contribution in [3.05, 3.63) is 33.3 Å². The Morgan fingerprint density at radius 2 is 2.47 bits per heavy atom. The minimum atomic E-state index is -0.385. The average Bonchev–Trinajstić information content (AvgIpc) is 3.02. The van der Waals surface area contributed by atoms with Crippen molar-refractivity contribution in [3.8, 4) is 0 Å². The van der Waals surface area contributed by atoms with Gasteiger partial charge in [0, 0.05) is 11.9 Å². The van der Waals surface area contributed by atoms with Gasteiger partial charge >= 0.3 is 5.82 Å². The molecule has 7 heteroatoms. The number of imidazole rings is 1. The van der Waals surface area contributed by atoms with Gasteiger partial charge in [-0.3, -0.25) is 0 Å². The van der Waals surface area contributed by atoms with Gasteiger partial charge in [-0.1, -0.05) is 23.0 Å². The number of nitrogens with one attached hydrogen (secondary N) is 1. The van der Waals surface area contributed by atoms with E-state index in [-0.39, 0.29) is 10.7 Å². The minimum absolute atomic E-state index is 0.0247. The smallest absolute Gasteiger partial charge is 0.363 e. The van der Waals surface area contributed by atoms with E-state index in [9.17, 15) is 10.1 Å². The molecule has 2 heterocycles. The molecule has 0 saturated heterocycles. The van der Waals surface area contributed by atoms with Crippen molar-refractivity contribution in [1.29, 1.82) is 0 Å². The van der Waals surface area contributed by atoms with Crippen LogP contribution in [0.4, 0.5) is 11.6 Å². The number of allylic oxidation sites excluding steroid dienone is 1. The maximum absolute atomic E-state index is 11.1. The Labute approximate surface area is 113 Å². The molecule has 0 atom stereocenters. The van der Waals surface area contributed by atoms with E-state index in [0.717, 1.165) is 19.3 Å². The van der Waals surface area contributed by atoms with Crippen LogP contribution in [0.1, 0.15) is 25.7 Å². The van der Waals surface area contributed by atoms with Crippen LogP contribution in [0.3, 0.4) is 0 Å². The highest BCUT2D eigenvalue weighted by Crippen LogP contribution is 2.28. The van der Waals surface area contributed by atoms with Crippen molar-refractivity contribution in [1.82, 2.24) is 9.38 Å². The summed E-state index contributed by atoms with van der Waals surface area (Å²) in [6, 6.07) is 0. The predicted octanol–water partition coefficient (Wildman–Crippen LogP) is 3.22. The normalized spacial score (nSPS) is 14.8. The molecule has 2 aromatic rings. The monoisotopic (exact) mass is 278 g/mol. The van der Waals surface area contributed by atoms with Gasteiger partial charge in [-0.25, -0.2) is 0 Å². The summed E-state index contributed by atoms with van der Waals surface area (Å²) in [5, 5.41) is 16.0. The molecule has 0 radical (unpaired) electrons. The van der Waals surface area contributed by atoms with E-state index >= 15 is 0 Å². The molecule has 6 nitrogen and oxygen atoms in total.